The van der Waals surface area contributed by atoms with Crippen LogP contribution in [0.1, 0.15) is 59.2 Å². The second-order valence-electron chi connectivity index (χ2n) is 13.0. The Morgan fingerprint density at radius 1 is 0.809 bits per heavy atom. The highest BCUT2D eigenvalue weighted by Crippen LogP contribution is 2.37. The molecule has 7 nitrogen and oxygen atoms in total. The molecule has 0 bridgehead atoms. The highest BCUT2D eigenvalue weighted by molar-refractivity contribution is 5.95. The van der Waals surface area contributed by atoms with Crippen molar-refractivity contribution in [3.8, 4) is 0 Å². The van der Waals surface area contributed by atoms with Gasteiger partial charge in [-0.05, 0) is 49.1 Å². The van der Waals surface area contributed by atoms with Crippen molar-refractivity contribution in [2.24, 2.45) is 0 Å². The molecule has 2 aromatic carbocycles. The number of halogens is 6. The number of fused-ring (bicyclic) bond motifs is 1. The molecule has 1 atom stereocenters. The summed E-state index contributed by atoms with van der Waals surface area (Å²) in [4.78, 5) is 38.0. The molecule has 1 aromatic heterocycles. The van der Waals surface area contributed by atoms with Crippen LogP contribution in [0.3, 0.4) is 0 Å². The Morgan fingerprint density at radius 2 is 1.47 bits per heavy atom. The van der Waals surface area contributed by atoms with Crippen molar-refractivity contribution in [1.29, 1.82) is 0 Å². The maximum atomic E-state index is 13.8. The molecule has 3 aliphatic rings. The molecule has 47 heavy (non-hydrogen) atoms. The first-order chi connectivity index (χ1) is 22.4. The molecule has 0 unspecified atom stereocenters. The summed E-state index contributed by atoms with van der Waals surface area (Å²) in [7, 11) is 0. The lowest BCUT2D eigenvalue weighted by Crippen LogP contribution is -2.59. The number of nitrogens with one attached hydrogen (secondary N) is 1. The van der Waals surface area contributed by atoms with E-state index in [0.717, 1.165) is 29.6 Å². The summed E-state index contributed by atoms with van der Waals surface area (Å²) in [6.45, 7) is 3.62. The zero-order chi connectivity index (χ0) is 33.3. The highest BCUT2D eigenvalue weighted by Gasteiger charge is 2.40. The van der Waals surface area contributed by atoms with Crippen molar-refractivity contribution in [1.82, 2.24) is 24.6 Å². The van der Waals surface area contributed by atoms with Gasteiger partial charge in [0.15, 0.2) is 0 Å². The van der Waals surface area contributed by atoms with E-state index in [9.17, 15) is 35.9 Å². The lowest BCUT2D eigenvalue weighted by molar-refractivity contribution is -0.143. The molecule has 1 N–H and O–H groups in total. The van der Waals surface area contributed by atoms with Crippen LogP contribution in [-0.2, 0) is 23.6 Å². The summed E-state index contributed by atoms with van der Waals surface area (Å²) < 4.78 is 81.7. The van der Waals surface area contributed by atoms with E-state index in [1.165, 1.54) is 37.0 Å². The van der Waals surface area contributed by atoms with Crippen LogP contribution in [0, 0.1) is 0 Å². The third-order valence-corrected chi connectivity index (χ3v) is 9.91. The van der Waals surface area contributed by atoms with Gasteiger partial charge in [0.25, 0.3) is 5.91 Å². The zero-order valence-corrected chi connectivity index (χ0v) is 26.0. The van der Waals surface area contributed by atoms with Gasteiger partial charge in [0, 0.05) is 80.6 Å². The fraction of sp³-hybridized carbons (Fsp3) is 0.529. The van der Waals surface area contributed by atoms with Crippen LogP contribution in [0.5, 0.6) is 0 Å². The minimum Gasteiger partial charge on any atom is -0.361 e. The molecule has 2 saturated heterocycles. The summed E-state index contributed by atoms with van der Waals surface area (Å²) in [5, 5.41) is 0.905. The average Bonchev–Trinajstić information content (AvgIpc) is 3.46. The minimum absolute atomic E-state index is 0.0217. The summed E-state index contributed by atoms with van der Waals surface area (Å²) in [6, 6.07) is 8.52. The van der Waals surface area contributed by atoms with Crippen LogP contribution in [0.25, 0.3) is 10.9 Å². The summed E-state index contributed by atoms with van der Waals surface area (Å²) in [5.41, 5.74) is -2.01. The van der Waals surface area contributed by atoms with Gasteiger partial charge in [0.2, 0.25) is 5.91 Å². The smallest absolute Gasteiger partial charge is 0.361 e. The number of piperazine rings is 2. The van der Waals surface area contributed by atoms with Crippen LogP contribution >= 0.6 is 0 Å². The first kappa shape index (κ1) is 33.3. The van der Waals surface area contributed by atoms with E-state index < -0.39 is 41.0 Å². The van der Waals surface area contributed by atoms with E-state index >= 15 is 0 Å². The molecule has 3 aromatic rings. The fourth-order valence-electron chi connectivity index (χ4n) is 7.38. The van der Waals surface area contributed by atoms with Crippen LogP contribution in [0.15, 0.2) is 48.7 Å². The molecule has 3 heterocycles. The fourth-order valence-corrected chi connectivity index (χ4v) is 7.38. The monoisotopic (exact) mass is 663 g/mol. The molecule has 0 radical (unpaired) electrons. The molecule has 0 spiro atoms. The van der Waals surface area contributed by atoms with E-state index in [0.29, 0.717) is 37.7 Å². The van der Waals surface area contributed by atoms with Crippen molar-refractivity contribution in [2.45, 2.75) is 63.0 Å². The normalized spacial score (nSPS) is 21.0. The standard InChI is InChI=1S/C34H39F6N5O2/c35-33(36,37)25-16-23(17-26(19-25)34(38,39)40)32(47)45-15-10-42(21-28(45)18-24-20-41-30-9-5-4-8-29(24)30)22-31(46)44-13-11-43(12-14-44)27-6-2-1-3-7-27/h4-5,8-9,16-17,19-20,27-28,41H,1-3,6-7,10-15,18,21-22H2/t28-/m1/s1. The number of hydrogen-bond donors (Lipinski definition) is 1. The van der Waals surface area contributed by atoms with Gasteiger partial charge in [-0.2, -0.15) is 26.3 Å². The summed E-state index contributed by atoms with van der Waals surface area (Å²) in [6.07, 6.45) is -1.87. The molecule has 13 heteroatoms. The van der Waals surface area contributed by atoms with Crippen LogP contribution < -0.4 is 0 Å². The molecule has 2 amide bonds. The van der Waals surface area contributed by atoms with Crippen molar-refractivity contribution in [3.05, 3.63) is 70.9 Å². The van der Waals surface area contributed by atoms with Crippen molar-refractivity contribution in [2.75, 3.05) is 52.4 Å². The SMILES string of the molecule is O=C(CN1CCN(C(=O)c2cc(C(F)(F)F)cc(C(F)(F)F)c2)[C@H](Cc2c[nH]c3ccccc23)C1)N1CCN(C2CCCCC2)CC1. The molecule has 254 valence electrons. The van der Waals surface area contributed by atoms with Gasteiger partial charge in [0.1, 0.15) is 0 Å². The number of H-pyrrole nitrogens is 1. The Hall–Kier alpha value is -3.58. The van der Waals surface area contributed by atoms with E-state index in [-0.39, 0.29) is 38.2 Å². The lowest BCUT2D eigenvalue weighted by Gasteiger charge is -2.43. The number of benzene rings is 2. The molecule has 1 aliphatic carbocycles. The van der Waals surface area contributed by atoms with Gasteiger partial charge < -0.3 is 14.8 Å². The third kappa shape index (κ3) is 7.61. The van der Waals surface area contributed by atoms with Crippen LogP contribution in [-0.4, -0.2) is 101 Å². The predicted octanol–water partition coefficient (Wildman–Crippen LogP) is 6.05. The Bertz CT molecular complexity index is 1540. The molecule has 6 rings (SSSR count). The van der Waals surface area contributed by atoms with Crippen molar-refractivity contribution < 1.29 is 35.9 Å². The predicted molar refractivity (Wildman–Crippen MR) is 165 cm³/mol. The Balaban J connectivity index is 1.20. The van der Waals surface area contributed by atoms with Crippen LogP contribution in [0.4, 0.5) is 26.3 Å². The number of alkyl halides is 6. The lowest BCUT2D eigenvalue weighted by atomic mass is 9.94. The van der Waals surface area contributed by atoms with Gasteiger partial charge in [-0.1, -0.05) is 37.5 Å². The van der Waals surface area contributed by atoms with Gasteiger partial charge in [-0.3, -0.25) is 19.4 Å². The average molecular weight is 664 g/mol. The van der Waals surface area contributed by atoms with E-state index in [1.54, 1.807) is 6.20 Å². The second-order valence-corrected chi connectivity index (χ2v) is 13.0. The van der Waals surface area contributed by atoms with Gasteiger partial charge in [-0.15, -0.1) is 0 Å². The Labute approximate surface area is 269 Å². The maximum absolute atomic E-state index is 13.8. The number of rotatable bonds is 6. The number of nitrogens with zero attached hydrogens (tertiary/aromatic N) is 4. The number of amides is 2. The largest absolute Gasteiger partial charge is 0.416 e. The number of carbonyl (C=O) groups excluding carboxylic acids is 2. The van der Waals surface area contributed by atoms with E-state index in [1.807, 2.05) is 34.1 Å². The number of carbonyl (C=O) groups is 2. The molecule has 1 saturated carbocycles. The topological polar surface area (TPSA) is 62.9 Å². The quantitative estimate of drug-likeness (QED) is 0.327. The van der Waals surface area contributed by atoms with E-state index in [4.69, 9.17) is 0 Å². The molecule has 3 fully saturated rings. The minimum atomic E-state index is -5.07. The highest BCUT2D eigenvalue weighted by atomic mass is 19.4. The first-order valence-electron chi connectivity index (χ1n) is 16.3. The van der Waals surface area contributed by atoms with Gasteiger partial charge >= 0.3 is 12.4 Å². The maximum Gasteiger partial charge on any atom is 0.416 e. The van der Waals surface area contributed by atoms with E-state index in [2.05, 4.69) is 9.88 Å². The Morgan fingerprint density at radius 3 is 2.13 bits per heavy atom. The molecular formula is C34H39F6N5O2. The second kappa shape index (κ2) is 13.5. The van der Waals surface area contributed by atoms with Crippen molar-refractivity contribution >= 4 is 22.7 Å². The zero-order valence-electron chi connectivity index (χ0n) is 26.0. The summed E-state index contributed by atoms with van der Waals surface area (Å²) >= 11 is 0. The van der Waals surface area contributed by atoms with Crippen LogP contribution in [0.2, 0.25) is 0 Å². The third-order valence-electron chi connectivity index (χ3n) is 9.91. The number of hydrogen-bond acceptors (Lipinski definition) is 4. The summed E-state index contributed by atoms with van der Waals surface area (Å²) in [5.74, 6) is -0.928. The molecule has 2 aliphatic heterocycles. The van der Waals surface area contributed by atoms with Gasteiger partial charge in [-0.25, -0.2) is 0 Å². The number of aromatic nitrogens is 1. The Kier molecular flexibility index (Phi) is 9.57. The van der Waals surface area contributed by atoms with Crippen molar-refractivity contribution in [3.63, 3.8) is 0 Å². The van der Waals surface area contributed by atoms with Gasteiger partial charge in [0.05, 0.1) is 17.7 Å². The number of para-hydroxylation sites is 1. The molecular weight excluding hydrogens is 624 g/mol. The first-order valence-corrected chi connectivity index (χ1v) is 16.3. The number of aromatic amines is 1.